The van der Waals surface area contributed by atoms with E-state index in [4.69, 9.17) is 16.3 Å². The second-order valence-corrected chi connectivity index (χ2v) is 10.6. The van der Waals surface area contributed by atoms with E-state index in [0.717, 1.165) is 33.0 Å². The maximum absolute atomic E-state index is 13.3. The Balaban J connectivity index is 2.38. The summed E-state index contributed by atoms with van der Waals surface area (Å²) in [4.78, 5) is 13.3. The second-order valence-electron chi connectivity index (χ2n) is 8.30. The smallest absolute Gasteiger partial charge is 0.244 e. The number of nitrogens with one attached hydrogen (secondary N) is 1. The Hall–Kier alpha value is -2.25. The SMILES string of the molecule is CC[C@@H](C(=O)N[C@@H](C)c1cc(C(C)C)c(OC)cc1C)N(c1ccc(Cl)cc1)S(C)(=O)=O. The third-order valence-electron chi connectivity index (χ3n) is 5.48. The maximum atomic E-state index is 13.3. The van der Waals surface area contributed by atoms with Crippen LogP contribution in [-0.4, -0.2) is 33.7 Å². The summed E-state index contributed by atoms with van der Waals surface area (Å²) in [5.41, 5.74) is 3.41. The van der Waals surface area contributed by atoms with Crippen LogP contribution in [0.15, 0.2) is 36.4 Å². The van der Waals surface area contributed by atoms with E-state index in [-0.39, 0.29) is 17.9 Å². The number of nitrogens with zero attached hydrogens (tertiary/aromatic N) is 1. The number of rotatable bonds is 9. The van der Waals surface area contributed by atoms with Gasteiger partial charge in [-0.25, -0.2) is 8.42 Å². The zero-order valence-electron chi connectivity index (χ0n) is 19.8. The van der Waals surface area contributed by atoms with E-state index in [1.807, 2.05) is 19.9 Å². The van der Waals surface area contributed by atoms with Crippen LogP contribution in [0.2, 0.25) is 5.02 Å². The van der Waals surface area contributed by atoms with Gasteiger partial charge in [0.15, 0.2) is 0 Å². The van der Waals surface area contributed by atoms with Gasteiger partial charge in [0.25, 0.3) is 0 Å². The van der Waals surface area contributed by atoms with Gasteiger partial charge in [0.1, 0.15) is 11.8 Å². The first-order valence-electron chi connectivity index (χ1n) is 10.6. The average Bonchev–Trinajstić information content (AvgIpc) is 2.71. The van der Waals surface area contributed by atoms with Crippen molar-refractivity contribution in [1.82, 2.24) is 5.32 Å². The number of ether oxygens (including phenoxy) is 1. The Bertz CT molecular complexity index is 1050. The van der Waals surface area contributed by atoms with Gasteiger partial charge in [-0.3, -0.25) is 9.10 Å². The number of amides is 1. The zero-order chi connectivity index (χ0) is 24.2. The molecule has 0 aliphatic heterocycles. The fourth-order valence-electron chi connectivity index (χ4n) is 3.85. The molecule has 0 saturated heterocycles. The van der Waals surface area contributed by atoms with Gasteiger partial charge in [0.05, 0.1) is 25.1 Å². The van der Waals surface area contributed by atoms with Crippen LogP contribution in [0.1, 0.15) is 62.8 Å². The van der Waals surface area contributed by atoms with Crippen molar-refractivity contribution in [1.29, 1.82) is 0 Å². The van der Waals surface area contributed by atoms with Crippen LogP contribution in [0.3, 0.4) is 0 Å². The molecule has 8 heteroatoms. The number of benzene rings is 2. The highest BCUT2D eigenvalue weighted by Crippen LogP contribution is 2.32. The van der Waals surface area contributed by atoms with E-state index < -0.39 is 16.1 Å². The molecule has 0 saturated carbocycles. The lowest BCUT2D eigenvalue weighted by molar-refractivity contribution is -0.122. The molecule has 0 unspecified atom stereocenters. The normalized spacial score (nSPS) is 13.5. The predicted molar refractivity (Wildman–Crippen MR) is 131 cm³/mol. The number of hydrogen-bond acceptors (Lipinski definition) is 4. The molecule has 2 aromatic carbocycles. The summed E-state index contributed by atoms with van der Waals surface area (Å²) in [5, 5.41) is 3.50. The Labute approximate surface area is 197 Å². The van der Waals surface area contributed by atoms with Gasteiger partial charge in [-0.05, 0) is 79.3 Å². The quantitative estimate of drug-likeness (QED) is 0.535. The van der Waals surface area contributed by atoms with Gasteiger partial charge < -0.3 is 10.1 Å². The molecular formula is C24H33ClN2O4S. The van der Waals surface area contributed by atoms with Crippen LogP contribution >= 0.6 is 11.6 Å². The summed E-state index contributed by atoms with van der Waals surface area (Å²) < 4.78 is 31.9. The highest BCUT2D eigenvalue weighted by Gasteiger charge is 2.32. The summed E-state index contributed by atoms with van der Waals surface area (Å²) in [5.74, 6) is 0.708. The number of carbonyl (C=O) groups excluding carboxylic acids is 1. The molecule has 6 nitrogen and oxygen atoms in total. The molecular weight excluding hydrogens is 448 g/mol. The van der Waals surface area contributed by atoms with E-state index in [9.17, 15) is 13.2 Å². The minimum absolute atomic E-state index is 0.251. The lowest BCUT2D eigenvalue weighted by Gasteiger charge is -2.31. The number of carbonyl (C=O) groups is 1. The van der Waals surface area contributed by atoms with Gasteiger partial charge in [-0.15, -0.1) is 0 Å². The standard InChI is InChI=1S/C24H33ClN2O4S/c1-8-22(27(32(7,29)30)19-11-9-18(25)10-12-19)24(28)26-17(5)21-14-20(15(2)3)23(31-6)13-16(21)4/h9-15,17,22H,8H2,1-7H3,(H,26,28)/t17-,22-/m0/s1. The number of anilines is 1. The van der Waals surface area contributed by atoms with Crippen LogP contribution in [0.4, 0.5) is 5.69 Å². The van der Waals surface area contributed by atoms with Crippen LogP contribution < -0.4 is 14.4 Å². The van der Waals surface area contributed by atoms with Gasteiger partial charge in [0.2, 0.25) is 15.9 Å². The van der Waals surface area contributed by atoms with E-state index >= 15 is 0 Å². The lowest BCUT2D eigenvalue weighted by atomic mass is 9.93. The number of sulfonamides is 1. The van der Waals surface area contributed by atoms with Crippen molar-refractivity contribution < 1.29 is 17.9 Å². The van der Waals surface area contributed by atoms with Crippen molar-refractivity contribution in [3.05, 3.63) is 58.1 Å². The van der Waals surface area contributed by atoms with Crippen LogP contribution in [-0.2, 0) is 14.8 Å². The van der Waals surface area contributed by atoms with E-state index in [1.54, 1.807) is 38.3 Å². The van der Waals surface area contributed by atoms with Crippen molar-refractivity contribution in [2.24, 2.45) is 0 Å². The Morgan fingerprint density at radius 2 is 1.72 bits per heavy atom. The molecule has 0 bridgehead atoms. The molecule has 0 radical (unpaired) electrons. The van der Waals surface area contributed by atoms with Gasteiger partial charge >= 0.3 is 0 Å². The Morgan fingerprint density at radius 3 is 2.19 bits per heavy atom. The van der Waals surface area contributed by atoms with Gasteiger partial charge in [-0.2, -0.15) is 0 Å². The minimum atomic E-state index is -3.71. The molecule has 0 aliphatic rings. The number of methoxy groups -OCH3 is 1. The summed E-state index contributed by atoms with van der Waals surface area (Å²) in [6.07, 6.45) is 1.41. The van der Waals surface area contributed by atoms with Crippen molar-refractivity contribution in [2.45, 2.75) is 59.0 Å². The maximum Gasteiger partial charge on any atom is 0.244 e. The summed E-state index contributed by atoms with van der Waals surface area (Å²) in [6.45, 7) is 9.83. The van der Waals surface area contributed by atoms with E-state index in [0.29, 0.717) is 17.1 Å². The van der Waals surface area contributed by atoms with Crippen molar-refractivity contribution in [3.8, 4) is 5.75 Å². The third kappa shape index (κ3) is 5.95. The summed E-state index contributed by atoms with van der Waals surface area (Å²) in [7, 11) is -2.06. The first kappa shape index (κ1) is 26.0. The number of halogens is 1. The second kappa shape index (κ2) is 10.6. The summed E-state index contributed by atoms with van der Waals surface area (Å²) >= 11 is 5.96. The molecule has 1 amide bonds. The monoisotopic (exact) mass is 480 g/mol. The molecule has 0 aromatic heterocycles. The zero-order valence-corrected chi connectivity index (χ0v) is 21.3. The molecule has 0 heterocycles. The minimum Gasteiger partial charge on any atom is -0.496 e. The molecule has 176 valence electrons. The van der Waals surface area contributed by atoms with E-state index in [2.05, 4.69) is 25.2 Å². The molecule has 2 atom stereocenters. The fraction of sp³-hybridized carbons (Fsp3) is 0.458. The molecule has 1 N–H and O–H groups in total. The molecule has 32 heavy (non-hydrogen) atoms. The topological polar surface area (TPSA) is 75.7 Å². The Kier molecular flexibility index (Phi) is 8.60. The van der Waals surface area contributed by atoms with Crippen LogP contribution in [0.5, 0.6) is 5.75 Å². The van der Waals surface area contributed by atoms with Crippen molar-refractivity contribution in [3.63, 3.8) is 0 Å². The number of hydrogen-bond donors (Lipinski definition) is 1. The van der Waals surface area contributed by atoms with Gasteiger partial charge in [0, 0.05) is 5.02 Å². The van der Waals surface area contributed by atoms with Gasteiger partial charge in [-0.1, -0.05) is 32.4 Å². The van der Waals surface area contributed by atoms with Crippen molar-refractivity contribution >= 4 is 33.2 Å². The first-order valence-corrected chi connectivity index (χ1v) is 12.9. The average molecular weight is 481 g/mol. The van der Waals surface area contributed by atoms with Crippen LogP contribution in [0, 0.1) is 6.92 Å². The van der Waals surface area contributed by atoms with Crippen molar-refractivity contribution in [2.75, 3.05) is 17.7 Å². The lowest BCUT2D eigenvalue weighted by Crippen LogP contribution is -2.49. The first-order chi connectivity index (χ1) is 14.9. The highest BCUT2D eigenvalue weighted by molar-refractivity contribution is 7.92. The summed E-state index contributed by atoms with van der Waals surface area (Å²) in [6, 6.07) is 9.24. The highest BCUT2D eigenvalue weighted by atomic mass is 35.5. The Morgan fingerprint density at radius 1 is 1.12 bits per heavy atom. The molecule has 0 spiro atoms. The molecule has 0 fully saturated rings. The molecule has 0 aliphatic carbocycles. The van der Waals surface area contributed by atoms with Crippen LogP contribution in [0.25, 0.3) is 0 Å². The third-order valence-corrected chi connectivity index (χ3v) is 6.91. The fourth-order valence-corrected chi connectivity index (χ4v) is 5.18. The predicted octanol–water partition coefficient (Wildman–Crippen LogP) is 5.20. The molecule has 2 aromatic rings. The van der Waals surface area contributed by atoms with E-state index in [1.165, 1.54) is 0 Å². The molecule has 2 rings (SSSR count). The largest absolute Gasteiger partial charge is 0.496 e. The number of aryl methyl sites for hydroxylation is 1.